The molecule has 0 spiro atoms. The van der Waals surface area contributed by atoms with E-state index in [4.69, 9.17) is 9.47 Å². The molecule has 0 unspecified atom stereocenters. The minimum atomic E-state index is -3.67. The van der Waals surface area contributed by atoms with Crippen molar-refractivity contribution in [3.8, 4) is 11.5 Å². The monoisotopic (exact) mass is 389 g/mol. The van der Waals surface area contributed by atoms with Crippen LogP contribution in [-0.2, 0) is 26.2 Å². The molecule has 0 fully saturated rings. The van der Waals surface area contributed by atoms with Gasteiger partial charge in [0.15, 0.2) is 11.5 Å². The van der Waals surface area contributed by atoms with Gasteiger partial charge in [0.25, 0.3) is 0 Å². The molecule has 2 aromatic rings. The van der Waals surface area contributed by atoms with Gasteiger partial charge in [0.05, 0.1) is 0 Å². The minimum absolute atomic E-state index is 0.0227. The summed E-state index contributed by atoms with van der Waals surface area (Å²) in [6.07, 6.45) is 1.35. The Bertz CT molecular complexity index is 951. The fourth-order valence-electron chi connectivity index (χ4n) is 2.10. The summed E-state index contributed by atoms with van der Waals surface area (Å²) in [6, 6.07) is 13.5. The van der Waals surface area contributed by atoms with Crippen molar-refractivity contribution >= 4 is 28.0 Å². The maximum absolute atomic E-state index is 12.1. The summed E-state index contributed by atoms with van der Waals surface area (Å²) in [6.45, 7) is 2.59. The van der Waals surface area contributed by atoms with E-state index in [1.807, 2.05) is 30.3 Å². The second-order valence-corrected chi connectivity index (χ2v) is 7.20. The molecule has 2 aromatic carbocycles. The molecule has 0 heterocycles. The van der Waals surface area contributed by atoms with Gasteiger partial charge in [0, 0.05) is 25.8 Å². The molecule has 0 atom stereocenters. The Labute approximate surface area is 157 Å². The van der Waals surface area contributed by atoms with Gasteiger partial charge in [0.1, 0.15) is 0 Å². The van der Waals surface area contributed by atoms with E-state index in [1.54, 1.807) is 0 Å². The van der Waals surface area contributed by atoms with Crippen LogP contribution in [0.3, 0.4) is 0 Å². The molecule has 0 aliphatic heterocycles. The Morgan fingerprint density at radius 3 is 2.22 bits per heavy atom. The maximum Gasteiger partial charge on any atom is 0.308 e. The zero-order valence-corrected chi connectivity index (χ0v) is 15.7. The quantitative estimate of drug-likeness (QED) is 0.577. The van der Waals surface area contributed by atoms with Gasteiger partial charge in [0.2, 0.25) is 10.0 Å². The smallest absolute Gasteiger partial charge is 0.308 e. The summed E-state index contributed by atoms with van der Waals surface area (Å²) in [7, 11) is -3.67. The minimum Gasteiger partial charge on any atom is -0.423 e. The molecule has 27 heavy (non-hydrogen) atoms. The van der Waals surface area contributed by atoms with Crippen molar-refractivity contribution in [1.82, 2.24) is 4.72 Å². The van der Waals surface area contributed by atoms with Crippen molar-refractivity contribution < 1.29 is 27.5 Å². The number of carbonyl (C=O) groups is 2. The molecule has 0 amide bonds. The molecule has 0 bridgehead atoms. The molecule has 0 aliphatic rings. The third-order valence-electron chi connectivity index (χ3n) is 3.24. The van der Waals surface area contributed by atoms with E-state index in [9.17, 15) is 18.0 Å². The highest BCUT2D eigenvalue weighted by atomic mass is 32.2. The third-order valence-corrected chi connectivity index (χ3v) is 4.28. The molecule has 0 aliphatic carbocycles. The SMILES string of the molecule is CC(=O)Oc1ccc(/C=C/S(=O)(=O)NCc2ccccc2)cc1OC(C)=O. The van der Waals surface area contributed by atoms with E-state index >= 15 is 0 Å². The topological polar surface area (TPSA) is 98.8 Å². The maximum atomic E-state index is 12.1. The first-order chi connectivity index (χ1) is 12.7. The van der Waals surface area contributed by atoms with Crippen molar-refractivity contribution in [2.45, 2.75) is 20.4 Å². The van der Waals surface area contributed by atoms with Crippen LogP contribution in [0.15, 0.2) is 53.9 Å². The largest absolute Gasteiger partial charge is 0.423 e. The first kappa shape index (κ1) is 20.3. The van der Waals surface area contributed by atoms with E-state index in [0.717, 1.165) is 11.0 Å². The molecule has 7 nitrogen and oxygen atoms in total. The van der Waals surface area contributed by atoms with Crippen molar-refractivity contribution in [1.29, 1.82) is 0 Å². The zero-order valence-electron chi connectivity index (χ0n) is 14.8. The van der Waals surface area contributed by atoms with Gasteiger partial charge in [-0.3, -0.25) is 9.59 Å². The number of hydrogen-bond acceptors (Lipinski definition) is 6. The van der Waals surface area contributed by atoms with Crippen LogP contribution in [0.25, 0.3) is 6.08 Å². The van der Waals surface area contributed by atoms with E-state index < -0.39 is 22.0 Å². The van der Waals surface area contributed by atoms with Crippen LogP contribution in [0.2, 0.25) is 0 Å². The summed E-state index contributed by atoms with van der Waals surface area (Å²) in [4.78, 5) is 22.3. The van der Waals surface area contributed by atoms with Gasteiger partial charge < -0.3 is 9.47 Å². The average Bonchev–Trinajstić information content (AvgIpc) is 2.60. The fourth-order valence-corrected chi connectivity index (χ4v) is 2.90. The molecule has 0 radical (unpaired) electrons. The lowest BCUT2D eigenvalue weighted by atomic mass is 10.2. The summed E-state index contributed by atoms with van der Waals surface area (Å²) < 4.78 is 36.6. The molecule has 0 saturated carbocycles. The van der Waals surface area contributed by atoms with Gasteiger partial charge in [-0.2, -0.15) is 0 Å². The number of sulfonamides is 1. The Kier molecular flexibility index (Phi) is 6.86. The Balaban J connectivity index is 2.14. The van der Waals surface area contributed by atoms with Crippen LogP contribution in [-0.4, -0.2) is 20.4 Å². The van der Waals surface area contributed by atoms with Crippen LogP contribution >= 0.6 is 0 Å². The van der Waals surface area contributed by atoms with Gasteiger partial charge in [-0.25, -0.2) is 13.1 Å². The molecule has 8 heteroatoms. The van der Waals surface area contributed by atoms with Gasteiger partial charge in [-0.1, -0.05) is 36.4 Å². The second-order valence-electron chi connectivity index (χ2n) is 5.55. The summed E-state index contributed by atoms with van der Waals surface area (Å²) in [5.41, 5.74) is 1.28. The predicted octanol–water partition coefficient (Wildman–Crippen LogP) is 2.63. The number of carbonyl (C=O) groups excluding carboxylic acids is 2. The molecule has 0 saturated heterocycles. The van der Waals surface area contributed by atoms with Gasteiger partial charge in [-0.05, 0) is 29.3 Å². The first-order valence-corrected chi connectivity index (χ1v) is 9.52. The number of rotatable bonds is 7. The van der Waals surface area contributed by atoms with Crippen LogP contribution in [0.5, 0.6) is 11.5 Å². The highest BCUT2D eigenvalue weighted by Gasteiger charge is 2.11. The number of hydrogen-bond donors (Lipinski definition) is 1. The standard InChI is InChI=1S/C19H19NO6S/c1-14(21)25-18-9-8-16(12-19(18)26-15(2)22)10-11-27(23,24)20-13-17-6-4-3-5-7-17/h3-12,20H,13H2,1-2H3/b11-10+. The van der Waals surface area contributed by atoms with Crippen molar-refractivity contribution in [2.24, 2.45) is 0 Å². The predicted molar refractivity (Wildman–Crippen MR) is 100 cm³/mol. The molecular formula is C19H19NO6S. The number of esters is 2. The van der Waals surface area contributed by atoms with Crippen LogP contribution < -0.4 is 14.2 Å². The Hall–Kier alpha value is -2.97. The average molecular weight is 389 g/mol. The normalized spacial score (nSPS) is 11.3. The van der Waals surface area contributed by atoms with E-state index in [0.29, 0.717) is 5.56 Å². The van der Waals surface area contributed by atoms with E-state index in [2.05, 4.69) is 4.72 Å². The molecular weight excluding hydrogens is 370 g/mol. The number of ether oxygens (including phenoxy) is 2. The Morgan fingerprint density at radius 2 is 1.59 bits per heavy atom. The highest BCUT2D eigenvalue weighted by molar-refractivity contribution is 7.92. The zero-order chi connectivity index (χ0) is 19.9. The number of benzene rings is 2. The first-order valence-electron chi connectivity index (χ1n) is 7.98. The molecule has 142 valence electrons. The van der Waals surface area contributed by atoms with Crippen molar-refractivity contribution in [2.75, 3.05) is 0 Å². The second kappa shape index (κ2) is 9.11. The number of nitrogens with one attached hydrogen (secondary N) is 1. The van der Waals surface area contributed by atoms with E-state index in [1.165, 1.54) is 38.1 Å². The highest BCUT2D eigenvalue weighted by Crippen LogP contribution is 2.29. The lowest BCUT2D eigenvalue weighted by Gasteiger charge is -2.09. The Morgan fingerprint density at radius 1 is 0.963 bits per heavy atom. The van der Waals surface area contributed by atoms with Crippen molar-refractivity contribution in [3.05, 3.63) is 65.1 Å². The van der Waals surface area contributed by atoms with Crippen LogP contribution in [0.1, 0.15) is 25.0 Å². The molecule has 1 N–H and O–H groups in total. The molecule has 2 rings (SSSR count). The van der Waals surface area contributed by atoms with Crippen LogP contribution in [0, 0.1) is 0 Å². The molecule has 0 aromatic heterocycles. The van der Waals surface area contributed by atoms with E-state index in [-0.39, 0.29) is 18.0 Å². The summed E-state index contributed by atoms with van der Waals surface area (Å²) in [5.74, 6) is -1.07. The van der Waals surface area contributed by atoms with Gasteiger partial charge >= 0.3 is 11.9 Å². The summed E-state index contributed by atoms with van der Waals surface area (Å²) >= 11 is 0. The van der Waals surface area contributed by atoms with Gasteiger partial charge in [-0.15, -0.1) is 0 Å². The fraction of sp³-hybridized carbons (Fsp3) is 0.158. The lowest BCUT2D eigenvalue weighted by molar-refractivity contribution is -0.134. The third kappa shape index (κ3) is 7.04. The lowest BCUT2D eigenvalue weighted by Crippen LogP contribution is -2.20. The van der Waals surface area contributed by atoms with Crippen LogP contribution in [0.4, 0.5) is 0 Å². The van der Waals surface area contributed by atoms with Crippen molar-refractivity contribution in [3.63, 3.8) is 0 Å². The summed E-state index contributed by atoms with van der Waals surface area (Å²) in [5, 5.41) is 1.01.